The van der Waals surface area contributed by atoms with Crippen LogP contribution in [-0.2, 0) is 11.8 Å². The maximum Gasteiger partial charge on any atom is 0.340 e. The van der Waals surface area contributed by atoms with Gasteiger partial charge in [0, 0.05) is 49.5 Å². The summed E-state index contributed by atoms with van der Waals surface area (Å²) in [5.41, 5.74) is 2.95. The van der Waals surface area contributed by atoms with E-state index in [1.54, 1.807) is 0 Å². The summed E-state index contributed by atoms with van der Waals surface area (Å²) < 4.78 is 6.85. The van der Waals surface area contributed by atoms with E-state index in [0.717, 1.165) is 24.0 Å². The fourth-order valence-electron chi connectivity index (χ4n) is 3.70. The number of nitrogens with zero attached hydrogens (tertiary/aromatic N) is 2. The van der Waals surface area contributed by atoms with Crippen LogP contribution in [-0.4, -0.2) is 42.8 Å². The van der Waals surface area contributed by atoms with Crippen LogP contribution < -0.4 is 10.2 Å². The number of hydrogen-bond donors (Lipinski definition) is 1. The van der Waals surface area contributed by atoms with E-state index in [9.17, 15) is 4.79 Å². The lowest BCUT2D eigenvalue weighted by Crippen LogP contribution is -2.43. The van der Waals surface area contributed by atoms with Gasteiger partial charge in [-0.2, -0.15) is 0 Å². The number of anilines is 1. The fourth-order valence-corrected chi connectivity index (χ4v) is 3.70. The number of esters is 1. The third kappa shape index (κ3) is 1.84. The first kappa shape index (κ1) is 12.7. The highest BCUT2D eigenvalue weighted by Crippen LogP contribution is 2.32. The second-order valence-corrected chi connectivity index (χ2v) is 5.99. The molecular formula is C16H19N3O2. The number of methoxy groups -OCH3 is 1. The van der Waals surface area contributed by atoms with Crippen molar-refractivity contribution in [3.63, 3.8) is 0 Å². The molecule has 5 heteroatoms. The van der Waals surface area contributed by atoms with Crippen LogP contribution in [0.3, 0.4) is 0 Å². The molecule has 21 heavy (non-hydrogen) atoms. The number of ether oxygens (including phenoxy) is 1. The number of carbonyl (C=O) groups excluding carboxylic acids is 1. The van der Waals surface area contributed by atoms with Gasteiger partial charge in [-0.3, -0.25) is 0 Å². The summed E-state index contributed by atoms with van der Waals surface area (Å²) in [6.45, 7) is 2.15. The third-order valence-corrected chi connectivity index (χ3v) is 4.77. The van der Waals surface area contributed by atoms with Crippen molar-refractivity contribution in [1.29, 1.82) is 0 Å². The van der Waals surface area contributed by atoms with E-state index in [2.05, 4.69) is 22.3 Å². The van der Waals surface area contributed by atoms with Gasteiger partial charge in [0.05, 0.1) is 18.2 Å². The Balaban J connectivity index is 1.77. The van der Waals surface area contributed by atoms with Gasteiger partial charge in [0.1, 0.15) is 0 Å². The second-order valence-electron chi connectivity index (χ2n) is 5.99. The van der Waals surface area contributed by atoms with Crippen molar-refractivity contribution in [3.8, 4) is 0 Å². The number of nitrogens with one attached hydrogen (secondary N) is 1. The maximum absolute atomic E-state index is 11.8. The van der Waals surface area contributed by atoms with Gasteiger partial charge in [0.15, 0.2) is 0 Å². The van der Waals surface area contributed by atoms with Crippen LogP contribution in [0.5, 0.6) is 0 Å². The molecule has 2 saturated heterocycles. The van der Waals surface area contributed by atoms with Crippen molar-refractivity contribution < 1.29 is 9.53 Å². The van der Waals surface area contributed by atoms with Gasteiger partial charge in [-0.15, -0.1) is 0 Å². The van der Waals surface area contributed by atoms with E-state index >= 15 is 0 Å². The van der Waals surface area contributed by atoms with Crippen LogP contribution in [0.4, 0.5) is 5.69 Å². The number of aromatic nitrogens is 1. The Bertz CT molecular complexity index is 722. The standard InChI is InChI=1S/C16H19N3O2/c1-18-9-14(16(20)21-2)13-4-3-11(6-15(13)18)19-8-10-5-12(19)7-17-10/h3-4,6,9-10,12,17H,5,7-8H2,1-2H3/t10-,12-/m1/s1. The topological polar surface area (TPSA) is 46.5 Å². The Kier molecular flexibility index (Phi) is 2.72. The Morgan fingerprint density at radius 3 is 2.95 bits per heavy atom. The van der Waals surface area contributed by atoms with Crippen molar-refractivity contribution in [2.45, 2.75) is 18.5 Å². The number of piperazine rings is 1. The van der Waals surface area contributed by atoms with Crippen molar-refractivity contribution in [3.05, 3.63) is 30.0 Å². The molecule has 2 bridgehead atoms. The number of hydrogen-bond acceptors (Lipinski definition) is 4. The van der Waals surface area contributed by atoms with Gasteiger partial charge < -0.3 is 19.5 Å². The highest BCUT2D eigenvalue weighted by molar-refractivity contribution is 6.05. The smallest absolute Gasteiger partial charge is 0.340 e. The number of fused-ring (bicyclic) bond motifs is 3. The minimum absolute atomic E-state index is 0.280. The highest BCUT2D eigenvalue weighted by atomic mass is 16.5. The van der Waals surface area contributed by atoms with E-state index in [1.165, 1.54) is 19.2 Å². The first-order chi connectivity index (χ1) is 10.2. The van der Waals surface area contributed by atoms with Crippen LogP contribution in [0.25, 0.3) is 10.9 Å². The molecule has 110 valence electrons. The molecule has 2 aliphatic heterocycles. The first-order valence-electron chi connectivity index (χ1n) is 7.35. The SMILES string of the molecule is COC(=O)c1cn(C)c2cc(N3C[C@H]4C[C@@H]3CN4)ccc12. The van der Waals surface area contributed by atoms with Gasteiger partial charge >= 0.3 is 5.97 Å². The summed E-state index contributed by atoms with van der Waals surface area (Å²) in [6.07, 6.45) is 3.08. The normalized spacial score (nSPS) is 24.0. The zero-order chi connectivity index (χ0) is 14.6. The molecule has 0 spiro atoms. The van der Waals surface area contributed by atoms with Crippen molar-refractivity contribution in [2.75, 3.05) is 25.1 Å². The quantitative estimate of drug-likeness (QED) is 0.850. The number of benzene rings is 1. The summed E-state index contributed by atoms with van der Waals surface area (Å²) in [5.74, 6) is -0.280. The van der Waals surface area contributed by atoms with Crippen LogP contribution >= 0.6 is 0 Å². The highest BCUT2D eigenvalue weighted by Gasteiger charge is 2.37. The molecular weight excluding hydrogens is 266 g/mol. The summed E-state index contributed by atoms with van der Waals surface area (Å²) in [7, 11) is 3.39. The zero-order valence-electron chi connectivity index (χ0n) is 12.3. The van der Waals surface area contributed by atoms with E-state index in [0.29, 0.717) is 17.6 Å². The van der Waals surface area contributed by atoms with Crippen molar-refractivity contribution in [1.82, 2.24) is 9.88 Å². The number of carbonyl (C=O) groups is 1. The summed E-state index contributed by atoms with van der Waals surface area (Å²) >= 11 is 0. The van der Waals surface area contributed by atoms with Gasteiger partial charge in [-0.25, -0.2) is 4.79 Å². The van der Waals surface area contributed by atoms with E-state index in [-0.39, 0.29) is 5.97 Å². The van der Waals surface area contributed by atoms with Crippen LogP contribution in [0.2, 0.25) is 0 Å². The molecule has 0 amide bonds. The average molecular weight is 285 g/mol. The largest absolute Gasteiger partial charge is 0.465 e. The molecule has 2 aromatic rings. The third-order valence-electron chi connectivity index (χ3n) is 4.77. The Morgan fingerprint density at radius 2 is 2.29 bits per heavy atom. The predicted molar refractivity (Wildman–Crippen MR) is 81.8 cm³/mol. The second kappa shape index (κ2) is 4.49. The van der Waals surface area contributed by atoms with Gasteiger partial charge in [0.2, 0.25) is 0 Å². The minimum atomic E-state index is -0.280. The predicted octanol–water partition coefficient (Wildman–Crippen LogP) is 1.52. The molecule has 4 rings (SSSR count). The lowest BCUT2D eigenvalue weighted by atomic mass is 10.1. The fraction of sp³-hybridized carbons (Fsp3) is 0.438. The lowest BCUT2D eigenvalue weighted by Gasteiger charge is -2.29. The summed E-state index contributed by atoms with van der Waals surface area (Å²) in [5, 5.41) is 4.48. The molecule has 0 unspecified atom stereocenters. The molecule has 2 fully saturated rings. The Hall–Kier alpha value is -2.01. The average Bonchev–Trinajstić information content (AvgIpc) is 3.21. The lowest BCUT2D eigenvalue weighted by molar-refractivity contribution is 0.0603. The molecule has 0 aliphatic carbocycles. The number of rotatable bonds is 2. The number of aryl methyl sites for hydroxylation is 1. The molecule has 0 radical (unpaired) electrons. The van der Waals surface area contributed by atoms with Crippen molar-refractivity contribution in [2.24, 2.45) is 7.05 Å². The monoisotopic (exact) mass is 285 g/mol. The maximum atomic E-state index is 11.8. The molecule has 5 nitrogen and oxygen atoms in total. The molecule has 1 aromatic carbocycles. The molecule has 1 N–H and O–H groups in total. The van der Waals surface area contributed by atoms with Gasteiger partial charge in [0.25, 0.3) is 0 Å². The summed E-state index contributed by atoms with van der Waals surface area (Å²) in [6, 6.07) is 7.58. The molecule has 3 heterocycles. The van der Waals surface area contributed by atoms with Crippen LogP contribution in [0.15, 0.2) is 24.4 Å². The van der Waals surface area contributed by atoms with E-state index < -0.39 is 0 Å². The first-order valence-corrected chi connectivity index (χ1v) is 7.35. The Labute approximate surface area is 123 Å². The van der Waals surface area contributed by atoms with Gasteiger partial charge in [-0.1, -0.05) is 0 Å². The summed E-state index contributed by atoms with van der Waals surface area (Å²) in [4.78, 5) is 14.3. The van der Waals surface area contributed by atoms with Crippen molar-refractivity contribution >= 4 is 22.6 Å². The van der Waals surface area contributed by atoms with E-state index in [4.69, 9.17) is 4.74 Å². The molecule has 1 aromatic heterocycles. The molecule has 0 saturated carbocycles. The molecule has 2 atom stereocenters. The minimum Gasteiger partial charge on any atom is -0.465 e. The van der Waals surface area contributed by atoms with Crippen LogP contribution in [0.1, 0.15) is 16.8 Å². The zero-order valence-corrected chi connectivity index (χ0v) is 12.3. The van der Waals surface area contributed by atoms with Crippen LogP contribution in [0, 0.1) is 0 Å². The van der Waals surface area contributed by atoms with E-state index in [1.807, 2.05) is 23.9 Å². The Morgan fingerprint density at radius 1 is 1.43 bits per heavy atom. The molecule has 2 aliphatic rings. The van der Waals surface area contributed by atoms with Gasteiger partial charge in [-0.05, 0) is 24.6 Å².